The van der Waals surface area contributed by atoms with Gasteiger partial charge in [-0.1, -0.05) is 23.7 Å². The number of aryl methyl sites for hydroxylation is 1. The second-order valence-electron chi connectivity index (χ2n) is 3.80. The third-order valence-corrected chi connectivity index (χ3v) is 3.69. The predicted octanol–water partition coefficient (Wildman–Crippen LogP) is 3.22. The molecule has 0 spiro atoms. The first-order chi connectivity index (χ1) is 8.49. The van der Waals surface area contributed by atoms with Crippen LogP contribution in [0.5, 0.6) is 0 Å². The molecule has 1 aromatic heterocycles. The van der Waals surface area contributed by atoms with Crippen LogP contribution in [0.15, 0.2) is 27.5 Å². The molecule has 0 aliphatic heterocycles. The highest BCUT2D eigenvalue weighted by Crippen LogP contribution is 2.19. The molecule has 1 N–H and O–H groups in total. The lowest BCUT2D eigenvalue weighted by atomic mass is 10.1. The van der Waals surface area contributed by atoms with Crippen molar-refractivity contribution in [3.63, 3.8) is 0 Å². The van der Waals surface area contributed by atoms with Gasteiger partial charge in [-0.15, -0.1) is 0 Å². The van der Waals surface area contributed by atoms with Crippen molar-refractivity contribution >= 4 is 27.5 Å². The van der Waals surface area contributed by atoms with Crippen LogP contribution in [0.1, 0.15) is 17.1 Å². The number of rotatable bonds is 2. The van der Waals surface area contributed by atoms with E-state index in [1.165, 1.54) is 6.07 Å². The first-order valence-corrected chi connectivity index (χ1v) is 6.34. The van der Waals surface area contributed by atoms with Gasteiger partial charge in [0.1, 0.15) is 16.1 Å². The smallest absolute Gasteiger partial charge is 0.265 e. The molecule has 2 aromatic rings. The van der Waals surface area contributed by atoms with E-state index in [4.69, 9.17) is 11.6 Å². The van der Waals surface area contributed by atoms with Gasteiger partial charge in [-0.05, 0) is 34.5 Å². The SMILES string of the molecule is Cc1nc(Cc2cccc(Cl)c2F)[nH]c(=O)c1Br. The van der Waals surface area contributed by atoms with Crippen LogP contribution in [0.25, 0.3) is 0 Å². The molecular formula is C12H9BrClFN2O. The molecule has 0 saturated carbocycles. The van der Waals surface area contributed by atoms with E-state index in [1.54, 1.807) is 19.1 Å². The Morgan fingerprint density at radius 1 is 1.50 bits per heavy atom. The van der Waals surface area contributed by atoms with Crippen LogP contribution in [-0.2, 0) is 6.42 Å². The zero-order chi connectivity index (χ0) is 13.3. The van der Waals surface area contributed by atoms with Crippen molar-refractivity contribution in [2.75, 3.05) is 0 Å². The summed E-state index contributed by atoms with van der Waals surface area (Å²) in [5.74, 6) is -0.0794. The van der Waals surface area contributed by atoms with Gasteiger partial charge in [0.05, 0.1) is 10.7 Å². The number of aromatic nitrogens is 2. The zero-order valence-electron chi connectivity index (χ0n) is 9.43. The molecule has 0 radical (unpaired) electrons. The van der Waals surface area contributed by atoms with Gasteiger partial charge < -0.3 is 4.98 Å². The third kappa shape index (κ3) is 2.62. The van der Waals surface area contributed by atoms with Gasteiger partial charge in [-0.2, -0.15) is 0 Å². The largest absolute Gasteiger partial charge is 0.309 e. The highest BCUT2D eigenvalue weighted by atomic mass is 79.9. The van der Waals surface area contributed by atoms with E-state index >= 15 is 0 Å². The topological polar surface area (TPSA) is 45.8 Å². The average molecular weight is 332 g/mol. The fourth-order valence-corrected chi connectivity index (χ4v) is 1.96. The maximum atomic E-state index is 13.7. The maximum Gasteiger partial charge on any atom is 0.265 e. The summed E-state index contributed by atoms with van der Waals surface area (Å²) in [4.78, 5) is 18.3. The molecule has 0 unspecified atom stereocenters. The lowest BCUT2D eigenvalue weighted by Gasteiger charge is -2.05. The second kappa shape index (κ2) is 5.20. The molecular weight excluding hydrogens is 322 g/mol. The van der Waals surface area contributed by atoms with Crippen LogP contribution in [0.3, 0.4) is 0 Å². The summed E-state index contributed by atoms with van der Waals surface area (Å²) in [7, 11) is 0. The summed E-state index contributed by atoms with van der Waals surface area (Å²) in [5.41, 5.74) is 0.684. The normalized spacial score (nSPS) is 10.7. The predicted molar refractivity (Wildman–Crippen MR) is 71.5 cm³/mol. The van der Waals surface area contributed by atoms with E-state index in [0.717, 1.165) is 0 Å². The van der Waals surface area contributed by atoms with Crippen molar-refractivity contribution in [3.05, 3.63) is 60.9 Å². The van der Waals surface area contributed by atoms with E-state index in [9.17, 15) is 9.18 Å². The number of halogens is 3. The lowest BCUT2D eigenvalue weighted by Crippen LogP contribution is -2.14. The summed E-state index contributed by atoms with van der Waals surface area (Å²) in [6.45, 7) is 1.71. The van der Waals surface area contributed by atoms with Gasteiger partial charge in [-0.25, -0.2) is 9.37 Å². The summed E-state index contributed by atoms with van der Waals surface area (Å²) in [6.07, 6.45) is 0.190. The van der Waals surface area contributed by atoms with E-state index in [1.807, 2.05) is 0 Å². The number of hydrogen-bond acceptors (Lipinski definition) is 2. The van der Waals surface area contributed by atoms with Crippen LogP contribution in [0, 0.1) is 12.7 Å². The molecule has 6 heteroatoms. The van der Waals surface area contributed by atoms with Gasteiger partial charge in [0, 0.05) is 6.42 Å². The molecule has 0 amide bonds. The molecule has 0 aliphatic carbocycles. The standard InChI is InChI=1S/C12H9BrClFN2O/c1-6-10(13)12(18)17-9(16-6)5-7-3-2-4-8(14)11(7)15/h2-4H,5H2,1H3,(H,16,17,18). The average Bonchev–Trinajstić information content (AvgIpc) is 2.32. The third-order valence-electron chi connectivity index (χ3n) is 2.47. The fourth-order valence-electron chi connectivity index (χ4n) is 1.58. The summed E-state index contributed by atoms with van der Waals surface area (Å²) in [5, 5.41) is 0.0590. The van der Waals surface area contributed by atoms with E-state index < -0.39 is 5.82 Å². The van der Waals surface area contributed by atoms with Gasteiger partial charge in [-0.3, -0.25) is 4.79 Å². The van der Waals surface area contributed by atoms with Crippen molar-refractivity contribution in [3.8, 4) is 0 Å². The summed E-state index contributed by atoms with van der Waals surface area (Å²) >= 11 is 8.82. The van der Waals surface area contributed by atoms with E-state index in [0.29, 0.717) is 21.6 Å². The Balaban J connectivity index is 2.41. The maximum absolute atomic E-state index is 13.7. The number of aromatic amines is 1. The number of benzene rings is 1. The lowest BCUT2D eigenvalue weighted by molar-refractivity contribution is 0.612. The van der Waals surface area contributed by atoms with Crippen LogP contribution in [-0.4, -0.2) is 9.97 Å². The monoisotopic (exact) mass is 330 g/mol. The minimum Gasteiger partial charge on any atom is -0.309 e. The Hall–Kier alpha value is -1.20. The molecule has 0 aliphatic rings. The number of hydrogen-bond donors (Lipinski definition) is 1. The molecule has 2 rings (SSSR count). The Bertz CT molecular complexity index is 657. The molecule has 1 aromatic carbocycles. The second-order valence-corrected chi connectivity index (χ2v) is 5.00. The minimum absolute atomic E-state index is 0.0590. The van der Waals surface area contributed by atoms with Crippen molar-refractivity contribution in [2.45, 2.75) is 13.3 Å². The summed E-state index contributed by atoms with van der Waals surface area (Å²) < 4.78 is 14.1. The molecule has 0 saturated heterocycles. The van der Waals surface area contributed by atoms with Crippen molar-refractivity contribution in [1.82, 2.24) is 9.97 Å². The highest BCUT2D eigenvalue weighted by Gasteiger charge is 2.10. The summed E-state index contributed by atoms with van der Waals surface area (Å²) in [6, 6.07) is 4.74. The van der Waals surface area contributed by atoms with Crippen molar-refractivity contribution in [2.24, 2.45) is 0 Å². The first-order valence-electron chi connectivity index (χ1n) is 5.17. The molecule has 1 heterocycles. The van der Waals surface area contributed by atoms with Crippen LogP contribution in [0.2, 0.25) is 5.02 Å². The Morgan fingerprint density at radius 3 is 2.89 bits per heavy atom. The van der Waals surface area contributed by atoms with Crippen molar-refractivity contribution in [1.29, 1.82) is 0 Å². The molecule has 94 valence electrons. The number of H-pyrrole nitrogens is 1. The van der Waals surface area contributed by atoms with Gasteiger partial charge in [0.15, 0.2) is 0 Å². The first kappa shape index (κ1) is 13.2. The van der Waals surface area contributed by atoms with Crippen molar-refractivity contribution < 1.29 is 4.39 Å². The van der Waals surface area contributed by atoms with E-state index in [-0.39, 0.29) is 17.0 Å². The molecule has 18 heavy (non-hydrogen) atoms. The number of nitrogens with zero attached hydrogens (tertiary/aromatic N) is 1. The quantitative estimate of drug-likeness (QED) is 0.918. The Morgan fingerprint density at radius 2 is 2.22 bits per heavy atom. The molecule has 0 bridgehead atoms. The molecule has 3 nitrogen and oxygen atoms in total. The zero-order valence-corrected chi connectivity index (χ0v) is 11.8. The van der Waals surface area contributed by atoms with E-state index in [2.05, 4.69) is 25.9 Å². The van der Waals surface area contributed by atoms with Gasteiger partial charge >= 0.3 is 0 Å². The van der Waals surface area contributed by atoms with Gasteiger partial charge in [0.25, 0.3) is 5.56 Å². The fraction of sp³-hybridized carbons (Fsp3) is 0.167. The molecule has 0 fully saturated rings. The van der Waals surface area contributed by atoms with Crippen LogP contribution >= 0.6 is 27.5 Å². The number of nitrogens with one attached hydrogen (secondary N) is 1. The van der Waals surface area contributed by atoms with Gasteiger partial charge in [0.2, 0.25) is 0 Å². The van der Waals surface area contributed by atoms with Crippen LogP contribution in [0.4, 0.5) is 4.39 Å². The van der Waals surface area contributed by atoms with Crippen LogP contribution < -0.4 is 5.56 Å². The Kier molecular flexibility index (Phi) is 3.82. The minimum atomic E-state index is -0.484. The highest BCUT2D eigenvalue weighted by molar-refractivity contribution is 9.10. The molecule has 0 atom stereocenters. The Labute approximate surface area is 116 Å².